The number of benzene rings is 1. The number of halogens is 2. The first kappa shape index (κ1) is 14.6. The molecule has 5 nitrogen and oxygen atoms in total. The summed E-state index contributed by atoms with van der Waals surface area (Å²) >= 11 is 5.79. The zero-order chi connectivity index (χ0) is 14.5. The lowest BCUT2D eigenvalue weighted by Crippen LogP contribution is -2.49. The zero-order valence-electron chi connectivity index (χ0n) is 10.5. The topological polar surface area (TPSA) is 62.6 Å². The number of carbonyl (C=O) groups is 1. The van der Waals surface area contributed by atoms with Crippen molar-refractivity contribution in [2.24, 2.45) is 0 Å². The Morgan fingerprint density at radius 1 is 1.65 bits per heavy atom. The molecule has 1 saturated heterocycles. The number of rotatable bonds is 3. The molecule has 1 amide bonds. The minimum Gasteiger partial charge on any atom is -0.482 e. The van der Waals surface area contributed by atoms with Gasteiger partial charge in [-0.2, -0.15) is 5.26 Å². The van der Waals surface area contributed by atoms with Gasteiger partial charge in [-0.3, -0.25) is 4.79 Å². The highest BCUT2D eigenvalue weighted by molar-refractivity contribution is 6.32. The summed E-state index contributed by atoms with van der Waals surface area (Å²) in [6.07, 6.45) is 0. The molecule has 1 atom stereocenters. The normalized spacial score (nSPS) is 18.4. The summed E-state index contributed by atoms with van der Waals surface area (Å²) in [6.45, 7) is 0.669. The predicted molar refractivity (Wildman–Crippen MR) is 68.8 cm³/mol. The molecule has 1 aliphatic rings. The van der Waals surface area contributed by atoms with Gasteiger partial charge in [-0.25, -0.2) is 4.39 Å². The van der Waals surface area contributed by atoms with Gasteiger partial charge in [0.15, 0.2) is 6.61 Å². The van der Waals surface area contributed by atoms with Crippen molar-refractivity contribution < 1.29 is 18.7 Å². The van der Waals surface area contributed by atoms with Gasteiger partial charge in [-0.05, 0) is 18.2 Å². The molecule has 1 aliphatic heterocycles. The molecule has 0 aromatic heterocycles. The zero-order valence-corrected chi connectivity index (χ0v) is 11.3. The van der Waals surface area contributed by atoms with Crippen LogP contribution < -0.4 is 4.74 Å². The first-order valence-corrected chi connectivity index (χ1v) is 6.34. The van der Waals surface area contributed by atoms with Gasteiger partial charge in [0.05, 0.1) is 24.3 Å². The van der Waals surface area contributed by atoms with Crippen LogP contribution in [0.25, 0.3) is 0 Å². The van der Waals surface area contributed by atoms with E-state index >= 15 is 0 Å². The predicted octanol–water partition coefficient (Wildman–Crippen LogP) is 1.61. The van der Waals surface area contributed by atoms with Gasteiger partial charge in [0, 0.05) is 6.54 Å². The van der Waals surface area contributed by atoms with E-state index in [4.69, 9.17) is 26.3 Å². The molecular formula is C13H12ClFN2O3. The number of nitrogens with zero attached hydrogens (tertiary/aromatic N) is 2. The van der Waals surface area contributed by atoms with Gasteiger partial charge >= 0.3 is 0 Å². The van der Waals surface area contributed by atoms with Crippen molar-refractivity contribution in [3.05, 3.63) is 29.0 Å². The van der Waals surface area contributed by atoms with Gasteiger partial charge in [0.25, 0.3) is 5.91 Å². The van der Waals surface area contributed by atoms with E-state index in [9.17, 15) is 9.18 Å². The fourth-order valence-corrected chi connectivity index (χ4v) is 2.05. The molecule has 7 heteroatoms. The van der Waals surface area contributed by atoms with Crippen LogP contribution in [0.15, 0.2) is 18.2 Å². The lowest BCUT2D eigenvalue weighted by Gasteiger charge is -2.31. The van der Waals surface area contributed by atoms with Crippen LogP contribution in [0.1, 0.15) is 0 Å². The average Bonchev–Trinajstić information content (AvgIpc) is 2.46. The Morgan fingerprint density at radius 2 is 2.45 bits per heavy atom. The summed E-state index contributed by atoms with van der Waals surface area (Å²) in [6, 6.07) is 5.04. The maximum atomic E-state index is 12.9. The third-order valence-electron chi connectivity index (χ3n) is 2.84. The van der Waals surface area contributed by atoms with Gasteiger partial charge in [0.1, 0.15) is 17.6 Å². The van der Waals surface area contributed by atoms with E-state index in [-0.39, 0.29) is 29.9 Å². The minimum atomic E-state index is -0.608. The average molecular weight is 299 g/mol. The van der Waals surface area contributed by atoms with Gasteiger partial charge < -0.3 is 14.4 Å². The highest BCUT2D eigenvalue weighted by Gasteiger charge is 2.27. The Hall–Kier alpha value is -1.84. The Morgan fingerprint density at radius 3 is 3.15 bits per heavy atom. The molecule has 0 spiro atoms. The van der Waals surface area contributed by atoms with Gasteiger partial charge in [0.2, 0.25) is 0 Å². The number of hydrogen-bond donors (Lipinski definition) is 0. The van der Waals surface area contributed by atoms with Crippen LogP contribution in [0.3, 0.4) is 0 Å². The van der Waals surface area contributed by atoms with Crippen molar-refractivity contribution in [2.75, 3.05) is 26.4 Å². The van der Waals surface area contributed by atoms with Crippen molar-refractivity contribution >= 4 is 17.5 Å². The summed E-state index contributed by atoms with van der Waals surface area (Å²) in [5.41, 5.74) is 0. The molecule has 0 aliphatic carbocycles. The van der Waals surface area contributed by atoms with Crippen LogP contribution in [0.2, 0.25) is 5.02 Å². The summed E-state index contributed by atoms with van der Waals surface area (Å²) in [5.74, 6) is -0.588. The molecule has 20 heavy (non-hydrogen) atoms. The molecule has 0 N–H and O–H groups in total. The third kappa shape index (κ3) is 3.38. The van der Waals surface area contributed by atoms with Crippen LogP contribution in [0.5, 0.6) is 5.75 Å². The van der Waals surface area contributed by atoms with Crippen LogP contribution >= 0.6 is 11.6 Å². The number of amides is 1. The van der Waals surface area contributed by atoms with E-state index in [1.807, 2.05) is 6.07 Å². The van der Waals surface area contributed by atoms with Crippen molar-refractivity contribution in [3.63, 3.8) is 0 Å². The van der Waals surface area contributed by atoms with Crippen LogP contribution in [-0.2, 0) is 9.53 Å². The molecule has 1 fully saturated rings. The van der Waals surface area contributed by atoms with E-state index in [1.165, 1.54) is 17.0 Å². The highest BCUT2D eigenvalue weighted by Crippen LogP contribution is 2.24. The first-order valence-electron chi connectivity index (χ1n) is 5.96. The van der Waals surface area contributed by atoms with Crippen molar-refractivity contribution in [1.29, 1.82) is 5.26 Å². The molecule has 1 unspecified atom stereocenters. The van der Waals surface area contributed by atoms with Crippen LogP contribution in [0.4, 0.5) is 4.39 Å². The van der Waals surface area contributed by atoms with E-state index < -0.39 is 11.9 Å². The number of nitriles is 1. The van der Waals surface area contributed by atoms with Crippen LogP contribution in [-0.4, -0.2) is 43.2 Å². The molecule has 0 radical (unpaired) electrons. The van der Waals surface area contributed by atoms with E-state index in [0.29, 0.717) is 13.2 Å². The maximum Gasteiger partial charge on any atom is 0.261 e. The summed E-state index contributed by atoms with van der Waals surface area (Å²) in [5, 5.41) is 9.04. The molecule has 1 heterocycles. The summed E-state index contributed by atoms with van der Waals surface area (Å²) in [7, 11) is 0. The Kier molecular flexibility index (Phi) is 4.77. The molecule has 0 saturated carbocycles. The number of carbonyl (C=O) groups excluding carboxylic acids is 1. The third-order valence-corrected chi connectivity index (χ3v) is 3.14. The summed E-state index contributed by atoms with van der Waals surface area (Å²) in [4.78, 5) is 13.4. The highest BCUT2D eigenvalue weighted by atomic mass is 35.5. The van der Waals surface area contributed by atoms with Crippen molar-refractivity contribution in [3.8, 4) is 11.8 Å². The monoisotopic (exact) mass is 298 g/mol. The fourth-order valence-electron chi connectivity index (χ4n) is 1.82. The SMILES string of the molecule is N#CC1COCCN1C(=O)COc1ccc(F)cc1Cl. The molecule has 106 valence electrons. The second kappa shape index (κ2) is 6.55. The Bertz CT molecular complexity index is 547. The molecule has 2 rings (SSSR count). The fraction of sp³-hybridized carbons (Fsp3) is 0.385. The molecule has 0 bridgehead atoms. The van der Waals surface area contributed by atoms with E-state index in [0.717, 1.165) is 6.07 Å². The smallest absolute Gasteiger partial charge is 0.261 e. The van der Waals surface area contributed by atoms with Crippen molar-refractivity contribution in [2.45, 2.75) is 6.04 Å². The van der Waals surface area contributed by atoms with Crippen molar-refractivity contribution in [1.82, 2.24) is 4.90 Å². The molecular weight excluding hydrogens is 287 g/mol. The van der Waals surface area contributed by atoms with Gasteiger partial charge in [-0.1, -0.05) is 11.6 Å². The Labute approximate surface area is 120 Å². The minimum absolute atomic E-state index is 0.0941. The number of hydrogen-bond acceptors (Lipinski definition) is 4. The number of morpholine rings is 1. The standard InChI is InChI=1S/C13H12ClFN2O3/c14-11-5-9(15)1-2-12(11)20-8-13(18)17-3-4-19-7-10(17)6-16/h1-2,5,10H,3-4,7-8H2. The molecule has 1 aromatic rings. The first-order chi connectivity index (χ1) is 9.61. The van der Waals surface area contributed by atoms with E-state index in [2.05, 4.69) is 0 Å². The maximum absolute atomic E-state index is 12.9. The lowest BCUT2D eigenvalue weighted by molar-refractivity contribution is -0.139. The lowest BCUT2D eigenvalue weighted by atomic mass is 10.2. The van der Waals surface area contributed by atoms with Gasteiger partial charge in [-0.15, -0.1) is 0 Å². The van der Waals surface area contributed by atoms with Crippen LogP contribution in [0, 0.1) is 17.1 Å². The largest absolute Gasteiger partial charge is 0.482 e. The summed E-state index contributed by atoms with van der Waals surface area (Å²) < 4.78 is 23.3. The molecule has 1 aromatic carbocycles. The second-order valence-corrected chi connectivity index (χ2v) is 4.58. The Balaban J connectivity index is 1.96. The number of ether oxygens (including phenoxy) is 2. The van der Waals surface area contributed by atoms with E-state index in [1.54, 1.807) is 0 Å². The second-order valence-electron chi connectivity index (χ2n) is 4.17. The quantitative estimate of drug-likeness (QED) is 0.850.